The van der Waals surface area contributed by atoms with Gasteiger partial charge in [0.1, 0.15) is 5.82 Å². The summed E-state index contributed by atoms with van der Waals surface area (Å²) >= 11 is 0. The molecule has 2 saturated heterocycles. The fourth-order valence-electron chi connectivity index (χ4n) is 4.61. The van der Waals surface area contributed by atoms with E-state index >= 15 is 0 Å². The number of hydrogen-bond donors (Lipinski definition) is 2. The van der Waals surface area contributed by atoms with Crippen molar-refractivity contribution in [1.29, 1.82) is 0 Å². The van der Waals surface area contributed by atoms with E-state index in [1.54, 1.807) is 0 Å². The van der Waals surface area contributed by atoms with Gasteiger partial charge in [0.2, 0.25) is 5.91 Å². The first-order chi connectivity index (χ1) is 14.2. The average molecular weight is 397 g/mol. The van der Waals surface area contributed by atoms with E-state index in [9.17, 15) is 4.79 Å². The lowest BCUT2D eigenvalue weighted by Gasteiger charge is -2.42. The molecule has 1 aromatic carbocycles. The number of carbonyl (C=O) groups is 1. The summed E-state index contributed by atoms with van der Waals surface area (Å²) in [6.45, 7) is 7.57. The summed E-state index contributed by atoms with van der Waals surface area (Å²) < 4.78 is 0. The van der Waals surface area contributed by atoms with Gasteiger partial charge in [-0.25, -0.2) is 4.98 Å². The third-order valence-corrected chi connectivity index (χ3v) is 6.21. The highest BCUT2D eigenvalue weighted by atomic mass is 16.1. The van der Waals surface area contributed by atoms with Crippen LogP contribution in [0, 0.1) is 12.8 Å². The molecule has 1 amide bonds. The number of hydrogen-bond acceptors (Lipinski definition) is 5. The number of piperidine rings is 2. The van der Waals surface area contributed by atoms with Crippen LogP contribution in [0.4, 0.5) is 0 Å². The molecule has 7 heteroatoms. The average Bonchev–Trinajstić information content (AvgIpc) is 3.18. The number of aromatic amines is 1. The highest BCUT2D eigenvalue weighted by Crippen LogP contribution is 2.24. The number of nitrogens with zero attached hydrogens (tertiary/aromatic N) is 4. The third-order valence-electron chi connectivity index (χ3n) is 6.21. The SMILES string of the molecule is Cc1nc(CNC(=O)C2CCCN(C3CCN(Cc4ccccc4)CC3)C2)n[nH]1. The van der Waals surface area contributed by atoms with Crippen LogP contribution >= 0.6 is 0 Å². The van der Waals surface area contributed by atoms with Crippen molar-refractivity contribution in [3.05, 3.63) is 47.5 Å². The maximum absolute atomic E-state index is 12.7. The van der Waals surface area contributed by atoms with Crippen molar-refractivity contribution in [1.82, 2.24) is 30.3 Å². The first-order valence-electron chi connectivity index (χ1n) is 10.8. The van der Waals surface area contributed by atoms with E-state index in [0.29, 0.717) is 18.4 Å². The summed E-state index contributed by atoms with van der Waals surface area (Å²) in [6.07, 6.45) is 4.46. The summed E-state index contributed by atoms with van der Waals surface area (Å²) in [7, 11) is 0. The van der Waals surface area contributed by atoms with E-state index in [0.717, 1.165) is 51.4 Å². The van der Waals surface area contributed by atoms with Gasteiger partial charge in [-0.2, -0.15) is 5.10 Å². The molecule has 2 fully saturated rings. The Balaban J connectivity index is 1.23. The summed E-state index contributed by atoms with van der Waals surface area (Å²) in [5, 5.41) is 9.93. The number of likely N-dealkylation sites (tertiary alicyclic amines) is 2. The lowest BCUT2D eigenvalue weighted by Crippen LogP contribution is -2.50. The van der Waals surface area contributed by atoms with Crippen LogP contribution in [-0.4, -0.2) is 63.1 Å². The molecular weight excluding hydrogens is 364 g/mol. The number of rotatable bonds is 6. The van der Waals surface area contributed by atoms with Gasteiger partial charge in [-0.15, -0.1) is 0 Å². The predicted octanol–water partition coefficient (Wildman–Crippen LogP) is 2.11. The summed E-state index contributed by atoms with van der Waals surface area (Å²) in [6, 6.07) is 11.3. The van der Waals surface area contributed by atoms with Gasteiger partial charge in [-0.3, -0.25) is 19.7 Å². The number of benzene rings is 1. The number of H-pyrrole nitrogens is 1. The number of carbonyl (C=O) groups excluding carboxylic acids is 1. The number of amides is 1. The molecule has 0 bridgehead atoms. The molecule has 3 heterocycles. The Labute approximate surface area is 172 Å². The van der Waals surface area contributed by atoms with Gasteiger partial charge in [0.05, 0.1) is 12.5 Å². The van der Waals surface area contributed by atoms with E-state index in [2.05, 4.69) is 60.6 Å². The van der Waals surface area contributed by atoms with Crippen LogP contribution in [0.25, 0.3) is 0 Å². The second-order valence-corrected chi connectivity index (χ2v) is 8.38. The quantitative estimate of drug-likeness (QED) is 0.782. The van der Waals surface area contributed by atoms with Gasteiger partial charge in [0.15, 0.2) is 5.82 Å². The van der Waals surface area contributed by atoms with Crippen molar-refractivity contribution in [2.45, 2.75) is 51.7 Å². The molecule has 0 saturated carbocycles. The van der Waals surface area contributed by atoms with Crippen molar-refractivity contribution in [3.8, 4) is 0 Å². The van der Waals surface area contributed by atoms with Gasteiger partial charge in [0, 0.05) is 19.1 Å². The van der Waals surface area contributed by atoms with Gasteiger partial charge in [-0.05, 0) is 57.8 Å². The highest BCUT2D eigenvalue weighted by molar-refractivity contribution is 5.78. The largest absolute Gasteiger partial charge is 0.348 e. The Morgan fingerprint density at radius 2 is 1.97 bits per heavy atom. The van der Waals surface area contributed by atoms with Crippen LogP contribution in [0.15, 0.2) is 30.3 Å². The van der Waals surface area contributed by atoms with Crippen molar-refractivity contribution < 1.29 is 4.79 Å². The molecule has 2 aliphatic heterocycles. The molecule has 1 aromatic heterocycles. The molecule has 2 N–H and O–H groups in total. The zero-order valence-corrected chi connectivity index (χ0v) is 17.3. The lowest BCUT2D eigenvalue weighted by molar-refractivity contribution is -0.127. The van der Waals surface area contributed by atoms with E-state index in [1.165, 1.54) is 18.4 Å². The second-order valence-electron chi connectivity index (χ2n) is 8.38. The zero-order chi connectivity index (χ0) is 20.1. The highest BCUT2D eigenvalue weighted by Gasteiger charge is 2.31. The Bertz CT molecular complexity index is 784. The monoisotopic (exact) mass is 396 g/mol. The van der Waals surface area contributed by atoms with E-state index in [1.807, 2.05) is 6.92 Å². The fraction of sp³-hybridized carbons (Fsp3) is 0.591. The molecule has 1 unspecified atom stereocenters. The maximum Gasteiger partial charge on any atom is 0.224 e. The van der Waals surface area contributed by atoms with E-state index in [-0.39, 0.29) is 11.8 Å². The minimum atomic E-state index is 0.0751. The first kappa shape index (κ1) is 20.0. The summed E-state index contributed by atoms with van der Waals surface area (Å²) in [5.74, 6) is 1.64. The summed E-state index contributed by atoms with van der Waals surface area (Å²) in [4.78, 5) is 22.0. The molecule has 4 rings (SSSR count). The molecule has 0 aliphatic carbocycles. The molecule has 29 heavy (non-hydrogen) atoms. The van der Waals surface area contributed by atoms with Crippen molar-refractivity contribution in [2.75, 3.05) is 26.2 Å². The van der Waals surface area contributed by atoms with Gasteiger partial charge in [0.25, 0.3) is 0 Å². The first-order valence-corrected chi connectivity index (χ1v) is 10.8. The Kier molecular flexibility index (Phi) is 6.56. The van der Waals surface area contributed by atoms with Gasteiger partial charge in [-0.1, -0.05) is 30.3 Å². The number of nitrogens with one attached hydrogen (secondary N) is 2. The molecule has 2 aliphatic rings. The Morgan fingerprint density at radius 1 is 1.17 bits per heavy atom. The van der Waals surface area contributed by atoms with Crippen LogP contribution < -0.4 is 5.32 Å². The van der Waals surface area contributed by atoms with E-state index in [4.69, 9.17) is 0 Å². The van der Waals surface area contributed by atoms with Crippen LogP contribution in [0.1, 0.15) is 42.9 Å². The topological polar surface area (TPSA) is 77.2 Å². The molecule has 7 nitrogen and oxygen atoms in total. The normalized spacial score (nSPS) is 21.9. The minimum Gasteiger partial charge on any atom is -0.348 e. The van der Waals surface area contributed by atoms with Gasteiger partial charge >= 0.3 is 0 Å². The number of aromatic nitrogens is 3. The third kappa shape index (κ3) is 5.42. The second kappa shape index (κ2) is 9.50. The lowest BCUT2D eigenvalue weighted by atomic mass is 9.93. The van der Waals surface area contributed by atoms with E-state index < -0.39 is 0 Å². The molecule has 156 valence electrons. The minimum absolute atomic E-state index is 0.0751. The van der Waals surface area contributed by atoms with Crippen LogP contribution in [0.5, 0.6) is 0 Å². The molecular formula is C22H32N6O. The standard InChI is InChI=1S/C22H32N6O/c1-17-24-21(26-25-17)14-23-22(29)19-8-5-11-28(16-19)20-9-12-27(13-10-20)15-18-6-3-2-4-7-18/h2-4,6-7,19-20H,5,8-16H2,1H3,(H,23,29)(H,24,25,26). The van der Waals surface area contributed by atoms with Gasteiger partial charge < -0.3 is 5.32 Å². The van der Waals surface area contributed by atoms with Crippen molar-refractivity contribution >= 4 is 5.91 Å². The Morgan fingerprint density at radius 3 is 2.69 bits per heavy atom. The fourth-order valence-corrected chi connectivity index (χ4v) is 4.61. The predicted molar refractivity (Wildman–Crippen MR) is 112 cm³/mol. The summed E-state index contributed by atoms with van der Waals surface area (Å²) in [5.41, 5.74) is 1.39. The van der Waals surface area contributed by atoms with Crippen molar-refractivity contribution in [3.63, 3.8) is 0 Å². The van der Waals surface area contributed by atoms with Crippen LogP contribution in [0.3, 0.4) is 0 Å². The van der Waals surface area contributed by atoms with Crippen molar-refractivity contribution in [2.24, 2.45) is 5.92 Å². The smallest absolute Gasteiger partial charge is 0.224 e. The molecule has 0 radical (unpaired) electrons. The zero-order valence-electron chi connectivity index (χ0n) is 17.3. The molecule has 2 aromatic rings. The molecule has 1 atom stereocenters. The maximum atomic E-state index is 12.7. The van der Waals surface area contributed by atoms with Crippen LogP contribution in [-0.2, 0) is 17.9 Å². The molecule has 0 spiro atoms. The van der Waals surface area contributed by atoms with Crippen LogP contribution in [0.2, 0.25) is 0 Å². The number of aryl methyl sites for hydroxylation is 1. The Hall–Kier alpha value is -2.25.